The maximum Gasteiger partial charge on any atom is 0.258 e. The lowest BCUT2D eigenvalue weighted by Crippen LogP contribution is -2.30. The molecule has 6 nitrogen and oxygen atoms in total. The molecule has 0 spiro atoms. The van der Waals surface area contributed by atoms with Crippen molar-refractivity contribution < 1.29 is 19.1 Å². The molecule has 3 aromatic carbocycles. The summed E-state index contributed by atoms with van der Waals surface area (Å²) in [6, 6.07) is 21.4. The zero-order valence-electron chi connectivity index (χ0n) is 15.9. The Morgan fingerprint density at radius 1 is 0.897 bits per heavy atom. The van der Waals surface area contributed by atoms with Crippen molar-refractivity contribution in [2.45, 2.75) is 6.92 Å². The number of rotatable bonds is 5. The fourth-order valence-corrected chi connectivity index (χ4v) is 3.15. The van der Waals surface area contributed by atoms with Gasteiger partial charge in [0.15, 0.2) is 11.5 Å². The average molecular weight is 388 g/mol. The molecule has 1 heterocycles. The van der Waals surface area contributed by atoms with Crippen LogP contribution in [0.25, 0.3) is 0 Å². The lowest BCUT2D eigenvalue weighted by molar-refractivity contribution is 0.0985. The molecule has 146 valence electrons. The highest BCUT2D eigenvalue weighted by Gasteiger charge is 2.17. The normalized spacial score (nSPS) is 11.8. The van der Waals surface area contributed by atoms with Crippen LogP contribution in [0.2, 0.25) is 0 Å². The Balaban J connectivity index is 1.47. The number of para-hydroxylation sites is 1. The maximum absolute atomic E-state index is 12.9. The van der Waals surface area contributed by atoms with Gasteiger partial charge in [-0.2, -0.15) is 0 Å². The maximum atomic E-state index is 12.9. The third-order valence-corrected chi connectivity index (χ3v) is 4.65. The topological polar surface area (TPSA) is 67.9 Å². The zero-order chi connectivity index (χ0) is 20.2. The number of hydrogen-bond acceptors (Lipinski definition) is 4. The smallest absolute Gasteiger partial charge is 0.258 e. The van der Waals surface area contributed by atoms with Gasteiger partial charge < -0.3 is 19.7 Å². The van der Waals surface area contributed by atoms with Gasteiger partial charge in [-0.3, -0.25) is 9.59 Å². The van der Waals surface area contributed by atoms with Crippen molar-refractivity contribution in [1.82, 2.24) is 0 Å². The number of carbonyl (C=O) groups excluding carboxylic acids is 2. The first-order chi connectivity index (χ1) is 14.2. The van der Waals surface area contributed by atoms with E-state index in [9.17, 15) is 9.59 Å². The number of hydrogen-bond donors (Lipinski definition) is 1. The molecule has 1 N–H and O–H groups in total. The van der Waals surface area contributed by atoms with Gasteiger partial charge in [-0.1, -0.05) is 18.2 Å². The summed E-state index contributed by atoms with van der Waals surface area (Å²) in [6.07, 6.45) is 0. The summed E-state index contributed by atoms with van der Waals surface area (Å²) in [4.78, 5) is 27.1. The van der Waals surface area contributed by atoms with E-state index in [2.05, 4.69) is 5.32 Å². The molecule has 1 aliphatic heterocycles. The second-order valence-electron chi connectivity index (χ2n) is 6.48. The molecule has 2 amide bonds. The number of nitrogens with zero attached hydrogens (tertiary/aromatic N) is 1. The summed E-state index contributed by atoms with van der Waals surface area (Å²) in [5.74, 6) is 0.883. The Morgan fingerprint density at radius 2 is 1.59 bits per heavy atom. The van der Waals surface area contributed by atoms with E-state index in [1.165, 1.54) is 0 Å². The second kappa shape index (κ2) is 8.06. The Labute approximate surface area is 168 Å². The van der Waals surface area contributed by atoms with E-state index in [0.29, 0.717) is 34.9 Å². The van der Waals surface area contributed by atoms with Crippen molar-refractivity contribution in [3.8, 4) is 11.5 Å². The first-order valence-corrected chi connectivity index (χ1v) is 9.33. The van der Waals surface area contributed by atoms with Gasteiger partial charge in [-0.25, -0.2) is 0 Å². The monoisotopic (exact) mass is 388 g/mol. The molecule has 0 saturated heterocycles. The minimum Gasteiger partial charge on any atom is -0.454 e. The lowest BCUT2D eigenvalue weighted by atomic mass is 10.1. The Hall–Kier alpha value is -3.80. The first kappa shape index (κ1) is 18.6. The lowest BCUT2D eigenvalue weighted by Gasteiger charge is -2.21. The number of nitrogens with one attached hydrogen (secondary N) is 1. The van der Waals surface area contributed by atoms with E-state index in [4.69, 9.17) is 9.47 Å². The summed E-state index contributed by atoms with van der Waals surface area (Å²) in [7, 11) is 0. The van der Waals surface area contributed by atoms with Crippen LogP contribution in [0.1, 0.15) is 27.6 Å². The minimum atomic E-state index is -0.265. The van der Waals surface area contributed by atoms with E-state index >= 15 is 0 Å². The Morgan fingerprint density at radius 3 is 2.31 bits per heavy atom. The summed E-state index contributed by atoms with van der Waals surface area (Å²) in [5.41, 5.74) is 2.43. The molecule has 0 aliphatic carbocycles. The number of anilines is 2. The number of carbonyl (C=O) groups is 2. The van der Waals surface area contributed by atoms with Crippen LogP contribution >= 0.6 is 0 Å². The van der Waals surface area contributed by atoms with Crippen LogP contribution in [0.5, 0.6) is 11.5 Å². The first-order valence-electron chi connectivity index (χ1n) is 9.33. The molecule has 0 bridgehead atoms. The third kappa shape index (κ3) is 3.91. The van der Waals surface area contributed by atoms with Gasteiger partial charge in [0.05, 0.1) is 0 Å². The van der Waals surface area contributed by atoms with Crippen LogP contribution in [-0.4, -0.2) is 25.2 Å². The molecular formula is C23H20N2O4. The van der Waals surface area contributed by atoms with Gasteiger partial charge >= 0.3 is 0 Å². The molecule has 1 aliphatic rings. The van der Waals surface area contributed by atoms with Crippen molar-refractivity contribution in [1.29, 1.82) is 0 Å². The molecule has 4 rings (SSSR count). The van der Waals surface area contributed by atoms with E-state index < -0.39 is 0 Å². The van der Waals surface area contributed by atoms with Gasteiger partial charge in [-0.15, -0.1) is 0 Å². The fraction of sp³-hybridized carbons (Fsp3) is 0.130. The van der Waals surface area contributed by atoms with Gasteiger partial charge in [0.25, 0.3) is 11.8 Å². The van der Waals surface area contributed by atoms with E-state index in [-0.39, 0.29) is 18.6 Å². The van der Waals surface area contributed by atoms with E-state index in [0.717, 1.165) is 5.69 Å². The molecular weight excluding hydrogens is 368 g/mol. The number of benzene rings is 3. The van der Waals surface area contributed by atoms with Gasteiger partial charge in [0, 0.05) is 35.1 Å². The highest BCUT2D eigenvalue weighted by Crippen LogP contribution is 2.34. The molecule has 0 fully saturated rings. The van der Waals surface area contributed by atoms with Gasteiger partial charge in [0.2, 0.25) is 6.79 Å². The van der Waals surface area contributed by atoms with Crippen LogP contribution in [0.3, 0.4) is 0 Å². The summed E-state index contributed by atoms with van der Waals surface area (Å²) in [6.45, 7) is 2.66. The summed E-state index contributed by atoms with van der Waals surface area (Å²) in [5, 5.41) is 2.83. The van der Waals surface area contributed by atoms with Crippen LogP contribution in [-0.2, 0) is 0 Å². The molecule has 6 heteroatoms. The molecule has 29 heavy (non-hydrogen) atoms. The molecule has 0 radical (unpaired) electrons. The van der Waals surface area contributed by atoms with Gasteiger partial charge in [-0.05, 0) is 55.5 Å². The summed E-state index contributed by atoms with van der Waals surface area (Å²) < 4.78 is 10.6. The highest BCUT2D eigenvalue weighted by atomic mass is 16.7. The second-order valence-corrected chi connectivity index (χ2v) is 6.48. The Bertz CT molecular complexity index is 1030. The standard InChI is InChI=1S/C23H20N2O4/c1-2-25(19-6-4-3-5-7-19)23(27)17-10-8-16(9-11-17)22(26)24-18-12-13-20-21(14-18)29-15-28-20/h3-14H,2,15H2,1H3,(H,24,26). The van der Waals surface area contributed by atoms with Crippen molar-refractivity contribution in [2.24, 2.45) is 0 Å². The minimum absolute atomic E-state index is 0.110. The molecule has 0 unspecified atom stereocenters. The van der Waals surface area contributed by atoms with Crippen LogP contribution in [0.15, 0.2) is 72.8 Å². The van der Waals surface area contributed by atoms with Crippen molar-refractivity contribution in [3.63, 3.8) is 0 Å². The quantitative estimate of drug-likeness (QED) is 0.706. The van der Waals surface area contributed by atoms with Crippen molar-refractivity contribution >= 4 is 23.2 Å². The number of ether oxygens (including phenoxy) is 2. The third-order valence-electron chi connectivity index (χ3n) is 4.65. The molecule has 3 aromatic rings. The predicted molar refractivity (Wildman–Crippen MR) is 111 cm³/mol. The highest BCUT2D eigenvalue weighted by molar-refractivity contribution is 6.08. The van der Waals surface area contributed by atoms with E-state index in [1.54, 1.807) is 47.4 Å². The van der Waals surface area contributed by atoms with Crippen LogP contribution in [0.4, 0.5) is 11.4 Å². The zero-order valence-corrected chi connectivity index (χ0v) is 15.9. The molecule has 0 saturated carbocycles. The Kier molecular flexibility index (Phi) is 5.16. The largest absolute Gasteiger partial charge is 0.454 e. The number of fused-ring (bicyclic) bond motifs is 1. The molecule has 0 aromatic heterocycles. The summed E-state index contributed by atoms with van der Waals surface area (Å²) >= 11 is 0. The van der Waals surface area contributed by atoms with Crippen molar-refractivity contribution in [2.75, 3.05) is 23.6 Å². The van der Waals surface area contributed by atoms with E-state index in [1.807, 2.05) is 37.3 Å². The molecule has 0 atom stereocenters. The SMILES string of the molecule is CCN(C(=O)c1ccc(C(=O)Nc2ccc3c(c2)OCO3)cc1)c1ccccc1. The average Bonchev–Trinajstić information content (AvgIpc) is 3.23. The van der Waals surface area contributed by atoms with Crippen LogP contribution in [0, 0.1) is 0 Å². The fourth-order valence-electron chi connectivity index (χ4n) is 3.15. The number of amides is 2. The van der Waals surface area contributed by atoms with Crippen molar-refractivity contribution in [3.05, 3.63) is 83.9 Å². The van der Waals surface area contributed by atoms with Crippen LogP contribution < -0.4 is 19.7 Å². The van der Waals surface area contributed by atoms with Gasteiger partial charge in [0.1, 0.15) is 0 Å². The predicted octanol–water partition coefficient (Wildman–Crippen LogP) is 4.33.